The minimum absolute atomic E-state index is 0. The molecule has 0 heterocycles. The fourth-order valence-electron chi connectivity index (χ4n) is 3.37. The fraction of sp³-hybridized carbons (Fsp3) is 0.368. The maximum atomic E-state index is 10.6. The Bertz CT molecular complexity index is 593. The van der Waals surface area contributed by atoms with Crippen LogP contribution >= 0.6 is 0 Å². The van der Waals surface area contributed by atoms with Gasteiger partial charge in [0.2, 0.25) is 0 Å². The summed E-state index contributed by atoms with van der Waals surface area (Å²) in [6.07, 6.45) is 12.4. The first-order chi connectivity index (χ1) is 9.79. The van der Waals surface area contributed by atoms with Crippen LogP contribution < -0.4 is 24.8 Å². The molecule has 0 saturated carbocycles. The van der Waals surface area contributed by atoms with Crippen LogP contribution in [0, 0.1) is 5.92 Å². The van der Waals surface area contributed by atoms with Gasteiger partial charge in [-0.1, -0.05) is 61.1 Å². The standard InChI is InChI=1S/C19H22O.2ClH.Zr/c1-2-14(15-7-3-4-8-15)13-19(20)18-12-11-16-9-5-6-10-17(16)18;;;/h3-7,9-10,12,14,19-20H,2,8,11,13H2,1H3;2*1H;/q;;;+2/p-2. The molecule has 2 aliphatic carbocycles. The summed E-state index contributed by atoms with van der Waals surface area (Å²) >= 11 is 0. The van der Waals surface area contributed by atoms with E-state index in [2.05, 4.69) is 55.5 Å². The molecule has 1 aromatic carbocycles. The number of halogens is 2. The van der Waals surface area contributed by atoms with Crippen molar-refractivity contribution in [3.63, 3.8) is 0 Å². The average molecular weight is 429 g/mol. The molecular formula is C19H22Cl2OZr. The van der Waals surface area contributed by atoms with Crippen LogP contribution in [0.25, 0.3) is 5.57 Å². The molecule has 2 aliphatic rings. The summed E-state index contributed by atoms with van der Waals surface area (Å²) in [6, 6.07) is 8.43. The molecule has 1 nitrogen and oxygen atoms in total. The van der Waals surface area contributed by atoms with Crippen LogP contribution in [-0.2, 0) is 32.6 Å². The molecule has 1 aromatic rings. The normalized spacial score (nSPS) is 17.0. The molecule has 1 N–H and O–H groups in total. The zero-order valence-corrected chi connectivity index (χ0v) is 17.3. The summed E-state index contributed by atoms with van der Waals surface area (Å²) in [5, 5.41) is 10.6. The Balaban J connectivity index is 0.00000161. The number of fused-ring (bicyclic) bond motifs is 1. The first kappa shape index (κ1) is 22.9. The predicted molar refractivity (Wildman–Crippen MR) is 84.4 cm³/mol. The summed E-state index contributed by atoms with van der Waals surface area (Å²) in [7, 11) is 0. The van der Waals surface area contributed by atoms with E-state index in [1.165, 1.54) is 16.7 Å². The van der Waals surface area contributed by atoms with Crippen LogP contribution in [0.4, 0.5) is 0 Å². The zero-order valence-electron chi connectivity index (χ0n) is 13.3. The van der Waals surface area contributed by atoms with Crippen LogP contribution in [0.2, 0.25) is 0 Å². The Morgan fingerprint density at radius 1 is 1.13 bits per heavy atom. The minimum Gasteiger partial charge on any atom is -1.00 e. The number of rotatable bonds is 5. The Kier molecular flexibility index (Phi) is 10.6. The monoisotopic (exact) mass is 426 g/mol. The van der Waals surface area contributed by atoms with E-state index >= 15 is 0 Å². The number of benzene rings is 1. The molecule has 0 bridgehead atoms. The van der Waals surface area contributed by atoms with Crippen molar-refractivity contribution in [2.75, 3.05) is 0 Å². The van der Waals surface area contributed by atoms with Gasteiger partial charge in [0.05, 0.1) is 6.10 Å². The average Bonchev–Trinajstić information content (AvgIpc) is 3.13. The molecule has 0 radical (unpaired) electrons. The zero-order chi connectivity index (χ0) is 13.9. The second-order valence-corrected chi connectivity index (χ2v) is 5.75. The quantitative estimate of drug-likeness (QED) is 0.593. The molecule has 2 atom stereocenters. The van der Waals surface area contributed by atoms with Crippen LogP contribution in [-0.4, -0.2) is 11.2 Å². The van der Waals surface area contributed by atoms with Gasteiger partial charge in [0.1, 0.15) is 0 Å². The molecule has 2 unspecified atom stereocenters. The number of aliphatic hydroxyl groups excluding tert-OH is 1. The minimum atomic E-state index is -0.343. The number of hydrogen-bond acceptors (Lipinski definition) is 1. The summed E-state index contributed by atoms with van der Waals surface area (Å²) in [5.74, 6) is 0.494. The van der Waals surface area contributed by atoms with Gasteiger partial charge in [-0.05, 0) is 48.3 Å². The largest absolute Gasteiger partial charge is 2.00 e. The van der Waals surface area contributed by atoms with Crippen LogP contribution in [0.15, 0.2) is 54.1 Å². The number of hydrogen-bond donors (Lipinski definition) is 1. The van der Waals surface area contributed by atoms with E-state index in [1.54, 1.807) is 0 Å². The van der Waals surface area contributed by atoms with Gasteiger partial charge in [-0.25, -0.2) is 0 Å². The van der Waals surface area contributed by atoms with E-state index in [1.807, 2.05) is 0 Å². The number of allylic oxidation sites excluding steroid dienone is 5. The molecule has 0 aliphatic heterocycles. The van der Waals surface area contributed by atoms with Gasteiger partial charge in [0.25, 0.3) is 0 Å². The van der Waals surface area contributed by atoms with E-state index in [-0.39, 0.29) is 57.1 Å². The molecule has 4 heteroatoms. The van der Waals surface area contributed by atoms with E-state index in [0.717, 1.165) is 31.3 Å². The Hall–Kier alpha value is -0.137. The third-order valence-corrected chi connectivity index (χ3v) is 4.55. The Morgan fingerprint density at radius 2 is 1.87 bits per heavy atom. The van der Waals surface area contributed by atoms with Gasteiger partial charge in [-0.2, -0.15) is 0 Å². The molecule has 23 heavy (non-hydrogen) atoms. The first-order valence-corrected chi connectivity index (χ1v) is 7.61. The molecule has 0 spiro atoms. The Morgan fingerprint density at radius 3 is 2.52 bits per heavy atom. The van der Waals surface area contributed by atoms with Gasteiger partial charge >= 0.3 is 26.2 Å². The van der Waals surface area contributed by atoms with Gasteiger partial charge in [-0.3, -0.25) is 0 Å². The van der Waals surface area contributed by atoms with E-state index < -0.39 is 0 Å². The SMILES string of the molecule is CCC(CC(O)C1=CCc2ccccc21)C1=CC=CC1.[Cl-].[Cl-].[Zr+2]. The molecule has 0 aromatic heterocycles. The maximum Gasteiger partial charge on any atom is 2.00 e. The third kappa shape index (κ3) is 5.17. The van der Waals surface area contributed by atoms with Crippen molar-refractivity contribution in [2.24, 2.45) is 5.92 Å². The van der Waals surface area contributed by atoms with Gasteiger partial charge in [0, 0.05) is 0 Å². The number of aliphatic hydroxyl groups is 1. The second kappa shape index (κ2) is 10.7. The van der Waals surface area contributed by atoms with Gasteiger partial charge in [-0.15, -0.1) is 0 Å². The molecule has 3 rings (SSSR count). The van der Waals surface area contributed by atoms with Gasteiger partial charge < -0.3 is 29.9 Å². The molecule has 0 amide bonds. The third-order valence-electron chi connectivity index (χ3n) is 4.55. The van der Waals surface area contributed by atoms with Crippen LogP contribution in [0.3, 0.4) is 0 Å². The van der Waals surface area contributed by atoms with Crippen LogP contribution in [0.5, 0.6) is 0 Å². The summed E-state index contributed by atoms with van der Waals surface area (Å²) in [5.41, 5.74) is 5.19. The van der Waals surface area contributed by atoms with Crippen LogP contribution in [0.1, 0.15) is 37.3 Å². The first-order valence-electron chi connectivity index (χ1n) is 7.61. The van der Waals surface area contributed by atoms with E-state index in [9.17, 15) is 5.11 Å². The predicted octanol–water partition coefficient (Wildman–Crippen LogP) is -1.70. The van der Waals surface area contributed by atoms with Crippen molar-refractivity contribution in [3.05, 3.63) is 65.3 Å². The molecular weight excluding hydrogens is 406 g/mol. The summed E-state index contributed by atoms with van der Waals surface area (Å²) < 4.78 is 0. The topological polar surface area (TPSA) is 20.2 Å². The van der Waals surface area contributed by atoms with Crippen molar-refractivity contribution >= 4 is 5.57 Å². The van der Waals surface area contributed by atoms with Crippen molar-refractivity contribution in [1.82, 2.24) is 0 Å². The van der Waals surface area contributed by atoms with E-state index in [0.29, 0.717) is 5.92 Å². The summed E-state index contributed by atoms with van der Waals surface area (Å²) in [6.45, 7) is 2.22. The molecule has 122 valence electrons. The van der Waals surface area contributed by atoms with Crippen molar-refractivity contribution < 1.29 is 56.1 Å². The maximum absolute atomic E-state index is 10.6. The van der Waals surface area contributed by atoms with Crippen molar-refractivity contribution in [3.8, 4) is 0 Å². The van der Waals surface area contributed by atoms with E-state index in [4.69, 9.17) is 0 Å². The fourth-order valence-corrected chi connectivity index (χ4v) is 3.37. The van der Waals surface area contributed by atoms with Crippen molar-refractivity contribution in [1.29, 1.82) is 0 Å². The van der Waals surface area contributed by atoms with Gasteiger partial charge in [0.15, 0.2) is 0 Å². The second-order valence-electron chi connectivity index (χ2n) is 5.75. The summed E-state index contributed by atoms with van der Waals surface area (Å²) in [4.78, 5) is 0. The van der Waals surface area contributed by atoms with Crippen molar-refractivity contribution in [2.45, 2.75) is 38.7 Å². The smallest absolute Gasteiger partial charge is 1.00 e. The Labute approximate surface area is 170 Å². The molecule has 0 fully saturated rings. The molecule has 0 saturated heterocycles.